The fourth-order valence-corrected chi connectivity index (χ4v) is 4.03. The van der Waals surface area contributed by atoms with Crippen molar-refractivity contribution in [3.63, 3.8) is 0 Å². The summed E-state index contributed by atoms with van der Waals surface area (Å²) in [6.45, 7) is 2.01. The summed E-state index contributed by atoms with van der Waals surface area (Å²) in [5.41, 5.74) is 7.30. The fraction of sp³-hybridized carbons (Fsp3) is 0.588. The summed E-state index contributed by atoms with van der Waals surface area (Å²) in [6.07, 6.45) is 3.48. The zero-order chi connectivity index (χ0) is 15.0. The lowest BCUT2D eigenvalue weighted by Crippen LogP contribution is -2.45. The molecule has 4 unspecified atom stereocenters. The lowest BCUT2D eigenvalue weighted by molar-refractivity contribution is -0.127. The van der Waals surface area contributed by atoms with E-state index in [1.54, 1.807) is 7.11 Å². The Balaban J connectivity index is 1.67. The molecule has 3 N–H and O–H groups in total. The van der Waals surface area contributed by atoms with Crippen LogP contribution in [0.5, 0.6) is 5.75 Å². The van der Waals surface area contributed by atoms with Gasteiger partial charge < -0.3 is 15.8 Å². The third kappa shape index (κ3) is 2.64. The Hall–Kier alpha value is -1.55. The van der Waals surface area contributed by atoms with Crippen LogP contribution < -0.4 is 15.8 Å². The van der Waals surface area contributed by atoms with Gasteiger partial charge in [-0.3, -0.25) is 4.79 Å². The topological polar surface area (TPSA) is 64.3 Å². The molecule has 0 spiro atoms. The van der Waals surface area contributed by atoms with Gasteiger partial charge >= 0.3 is 0 Å². The van der Waals surface area contributed by atoms with Crippen molar-refractivity contribution in [3.8, 4) is 5.75 Å². The molecule has 1 aromatic carbocycles. The third-order valence-electron chi connectivity index (χ3n) is 5.24. The van der Waals surface area contributed by atoms with E-state index in [-0.39, 0.29) is 23.9 Å². The van der Waals surface area contributed by atoms with Gasteiger partial charge in [-0.1, -0.05) is 12.1 Å². The van der Waals surface area contributed by atoms with E-state index in [1.807, 2.05) is 31.2 Å². The van der Waals surface area contributed by atoms with E-state index in [0.717, 1.165) is 24.2 Å². The normalized spacial score (nSPS) is 32.0. The number of carbonyl (C=O) groups is 1. The molecule has 2 saturated carbocycles. The number of fused-ring (bicyclic) bond motifs is 2. The molecule has 1 amide bonds. The first-order valence-corrected chi connectivity index (χ1v) is 7.80. The molecule has 3 rings (SSSR count). The van der Waals surface area contributed by atoms with Crippen molar-refractivity contribution in [1.82, 2.24) is 5.32 Å². The highest BCUT2D eigenvalue weighted by molar-refractivity contribution is 5.80. The molecule has 0 aromatic heterocycles. The summed E-state index contributed by atoms with van der Waals surface area (Å²) in [7, 11) is 1.65. The SMILES string of the molecule is COc1cccc([C@@H](C)NC(=O)C2C3CCC(C3)C2N)c1. The number of amides is 1. The third-order valence-corrected chi connectivity index (χ3v) is 5.24. The van der Waals surface area contributed by atoms with Gasteiger partial charge in [-0.15, -0.1) is 0 Å². The lowest BCUT2D eigenvalue weighted by Gasteiger charge is -2.28. The maximum atomic E-state index is 12.6. The van der Waals surface area contributed by atoms with Crippen molar-refractivity contribution in [2.45, 2.75) is 38.3 Å². The van der Waals surface area contributed by atoms with Gasteiger partial charge in [0.2, 0.25) is 5.91 Å². The van der Waals surface area contributed by atoms with Crippen LogP contribution >= 0.6 is 0 Å². The Labute approximate surface area is 126 Å². The summed E-state index contributed by atoms with van der Waals surface area (Å²) in [5.74, 6) is 1.97. The summed E-state index contributed by atoms with van der Waals surface area (Å²) in [5, 5.41) is 3.13. The average Bonchev–Trinajstić information content (AvgIpc) is 3.08. The van der Waals surface area contributed by atoms with Crippen molar-refractivity contribution >= 4 is 5.91 Å². The minimum Gasteiger partial charge on any atom is -0.497 e. The molecule has 4 heteroatoms. The molecular formula is C17H24N2O2. The van der Waals surface area contributed by atoms with Crippen molar-refractivity contribution < 1.29 is 9.53 Å². The molecule has 0 saturated heterocycles. The van der Waals surface area contributed by atoms with Crippen LogP contribution in [-0.2, 0) is 4.79 Å². The van der Waals surface area contributed by atoms with Gasteiger partial charge in [0.05, 0.1) is 19.1 Å². The van der Waals surface area contributed by atoms with E-state index in [0.29, 0.717) is 11.8 Å². The second kappa shape index (κ2) is 5.68. The molecular weight excluding hydrogens is 264 g/mol. The molecule has 0 heterocycles. The van der Waals surface area contributed by atoms with Crippen LogP contribution in [0, 0.1) is 17.8 Å². The van der Waals surface area contributed by atoms with Gasteiger partial charge in [-0.2, -0.15) is 0 Å². The van der Waals surface area contributed by atoms with Crippen LogP contribution in [0.3, 0.4) is 0 Å². The zero-order valence-corrected chi connectivity index (χ0v) is 12.7. The van der Waals surface area contributed by atoms with Crippen LogP contribution in [0.1, 0.15) is 37.8 Å². The Morgan fingerprint density at radius 2 is 2.14 bits per heavy atom. The maximum absolute atomic E-state index is 12.6. The largest absolute Gasteiger partial charge is 0.497 e. The van der Waals surface area contributed by atoms with Gasteiger partial charge in [0, 0.05) is 6.04 Å². The van der Waals surface area contributed by atoms with Crippen LogP contribution in [0.25, 0.3) is 0 Å². The van der Waals surface area contributed by atoms with Gasteiger partial charge in [-0.25, -0.2) is 0 Å². The predicted molar refractivity (Wildman–Crippen MR) is 81.8 cm³/mol. The summed E-state index contributed by atoms with van der Waals surface area (Å²) >= 11 is 0. The molecule has 4 nitrogen and oxygen atoms in total. The highest BCUT2D eigenvalue weighted by atomic mass is 16.5. The smallest absolute Gasteiger partial charge is 0.225 e. The standard InChI is InChI=1S/C17H24N2O2/c1-10(11-4-3-5-14(9-11)21-2)19-17(20)15-12-6-7-13(8-12)16(15)18/h3-5,9-10,12-13,15-16H,6-8,18H2,1-2H3,(H,19,20)/t10-,12?,13?,15?,16?/m1/s1. The van der Waals surface area contributed by atoms with Crippen molar-refractivity contribution in [2.75, 3.05) is 7.11 Å². The second-order valence-electron chi connectivity index (χ2n) is 6.44. The summed E-state index contributed by atoms with van der Waals surface area (Å²) < 4.78 is 5.23. The highest BCUT2D eigenvalue weighted by Crippen LogP contribution is 2.47. The minimum atomic E-state index is -0.0288. The highest BCUT2D eigenvalue weighted by Gasteiger charge is 2.49. The zero-order valence-electron chi connectivity index (χ0n) is 12.7. The number of nitrogens with two attached hydrogens (primary N) is 1. The van der Waals surface area contributed by atoms with E-state index in [1.165, 1.54) is 6.42 Å². The quantitative estimate of drug-likeness (QED) is 0.893. The molecule has 2 fully saturated rings. The predicted octanol–water partition coefficient (Wildman–Crippen LogP) is 2.25. The first-order valence-electron chi connectivity index (χ1n) is 7.80. The van der Waals surface area contributed by atoms with Crippen molar-refractivity contribution in [1.29, 1.82) is 0 Å². The number of carbonyl (C=O) groups excluding carboxylic acids is 1. The summed E-state index contributed by atoms with van der Waals surface area (Å²) in [4.78, 5) is 12.6. The number of rotatable bonds is 4. The Morgan fingerprint density at radius 3 is 2.81 bits per heavy atom. The average molecular weight is 288 g/mol. The number of hydrogen-bond donors (Lipinski definition) is 2. The number of hydrogen-bond acceptors (Lipinski definition) is 3. The fourth-order valence-electron chi connectivity index (χ4n) is 4.03. The van der Waals surface area contributed by atoms with Gasteiger partial charge in [0.15, 0.2) is 0 Å². The van der Waals surface area contributed by atoms with Crippen LogP contribution in [0.2, 0.25) is 0 Å². The van der Waals surface area contributed by atoms with Crippen molar-refractivity contribution in [3.05, 3.63) is 29.8 Å². The lowest BCUT2D eigenvalue weighted by atomic mass is 9.84. The Morgan fingerprint density at radius 1 is 1.38 bits per heavy atom. The maximum Gasteiger partial charge on any atom is 0.225 e. The number of ether oxygens (including phenoxy) is 1. The molecule has 2 bridgehead atoms. The molecule has 0 radical (unpaired) electrons. The van der Waals surface area contributed by atoms with Crippen LogP contribution in [-0.4, -0.2) is 19.1 Å². The number of nitrogens with one attached hydrogen (secondary N) is 1. The van der Waals surface area contributed by atoms with Gasteiger partial charge in [0.25, 0.3) is 0 Å². The Bertz CT molecular complexity index is 529. The molecule has 5 atom stereocenters. The van der Waals surface area contributed by atoms with E-state index in [4.69, 9.17) is 10.5 Å². The molecule has 2 aliphatic carbocycles. The van der Waals surface area contributed by atoms with Gasteiger partial charge in [-0.05, 0) is 55.7 Å². The first-order chi connectivity index (χ1) is 10.1. The van der Waals surface area contributed by atoms with E-state index >= 15 is 0 Å². The van der Waals surface area contributed by atoms with E-state index in [2.05, 4.69) is 5.32 Å². The van der Waals surface area contributed by atoms with E-state index < -0.39 is 0 Å². The van der Waals surface area contributed by atoms with Crippen LogP contribution in [0.15, 0.2) is 24.3 Å². The molecule has 0 aliphatic heterocycles. The monoisotopic (exact) mass is 288 g/mol. The second-order valence-corrected chi connectivity index (χ2v) is 6.44. The van der Waals surface area contributed by atoms with Crippen molar-refractivity contribution in [2.24, 2.45) is 23.5 Å². The number of methoxy groups -OCH3 is 1. The number of benzene rings is 1. The molecule has 114 valence electrons. The first kappa shape index (κ1) is 14.4. The van der Waals surface area contributed by atoms with E-state index in [9.17, 15) is 4.79 Å². The minimum absolute atomic E-state index is 0.00296. The molecule has 2 aliphatic rings. The van der Waals surface area contributed by atoms with Crippen LogP contribution in [0.4, 0.5) is 0 Å². The van der Waals surface area contributed by atoms with Gasteiger partial charge in [0.1, 0.15) is 5.75 Å². The Kier molecular flexibility index (Phi) is 3.89. The molecule has 21 heavy (non-hydrogen) atoms. The summed E-state index contributed by atoms with van der Waals surface area (Å²) in [6, 6.07) is 7.84. The molecule has 1 aromatic rings.